The third kappa shape index (κ3) is 4.66. The van der Waals surface area contributed by atoms with E-state index < -0.39 is 12.1 Å². The van der Waals surface area contributed by atoms with Crippen molar-refractivity contribution in [1.82, 2.24) is 0 Å². The summed E-state index contributed by atoms with van der Waals surface area (Å²) < 4.78 is 0. The number of nitrogens with zero attached hydrogens (tertiary/aromatic N) is 1. The van der Waals surface area contributed by atoms with Crippen molar-refractivity contribution < 1.29 is 15.0 Å². The van der Waals surface area contributed by atoms with Gasteiger partial charge in [-0.2, -0.15) is 0 Å². The van der Waals surface area contributed by atoms with Crippen LogP contribution in [-0.4, -0.2) is 42.1 Å². The van der Waals surface area contributed by atoms with Crippen molar-refractivity contribution in [2.75, 3.05) is 24.7 Å². The Morgan fingerprint density at radius 3 is 2.47 bits per heavy atom. The first-order valence-electron chi connectivity index (χ1n) is 5.28. The fraction of sp³-hybridized carbons (Fsp3) is 0.417. The first-order chi connectivity index (χ1) is 8.02. The number of rotatable bonds is 6. The van der Waals surface area contributed by atoms with Crippen molar-refractivity contribution >= 4 is 23.4 Å². The molecule has 0 saturated carbocycles. The number of aliphatic hydroxyl groups excluding tert-OH is 1. The number of aliphatic carboxylic acids is 1. The van der Waals surface area contributed by atoms with Crippen LogP contribution in [0.1, 0.15) is 6.42 Å². The SMILES string of the molecule is CSc1ccc(N(C)CC(O)CC(=O)O)cc1. The molecule has 94 valence electrons. The number of thioether (sulfide) groups is 1. The van der Waals surface area contributed by atoms with E-state index in [1.807, 2.05) is 42.5 Å². The van der Waals surface area contributed by atoms with Gasteiger partial charge in [0, 0.05) is 24.2 Å². The van der Waals surface area contributed by atoms with Gasteiger partial charge in [0.25, 0.3) is 0 Å². The monoisotopic (exact) mass is 255 g/mol. The van der Waals surface area contributed by atoms with Gasteiger partial charge in [-0.15, -0.1) is 11.8 Å². The van der Waals surface area contributed by atoms with E-state index in [2.05, 4.69) is 0 Å². The van der Waals surface area contributed by atoms with Gasteiger partial charge in [0.1, 0.15) is 0 Å². The van der Waals surface area contributed by atoms with Crippen LogP contribution in [0.5, 0.6) is 0 Å². The molecule has 17 heavy (non-hydrogen) atoms. The topological polar surface area (TPSA) is 60.8 Å². The number of likely N-dealkylation sites (N-methyl/N-ethyl adjacent to an activating group) is 1. The maximum atomic E-state index is 10.4. The molecule has 0 aliphatic rings. The van der Waals surface area contributed by atoms with Gasteiger partial charge in [-0.3, -0.25) is 4.79 Å². The molecule has 1 atom stereocenters. The zero-order valence-corrected chi connectivity index (χ0v) is 10.8. The molecular formula is C12H17NO3S. The summed E-state index contributed by atoms with van der Waals surface area (Å²) in [5, 5.41) is 18.1. The zero-order chi connectivity index (χ0) is 12.8. The average Bonchev–Trinajstić information content (AvgIpc) is 2.28. The molecule has 1 aromatic carbocycles. The first-order valence-corrected chi connectivity index (χ1v) is 6.50. The lowest BCUT2D eigenvalue weighted by molar-refractivity contribution is -0.139. The van der Waals surface area contributed by atoms with E-state index >= 15 is 0 Å². The van der Waals surface area contributed by atoms with Crippen LogP contribution in [0.3, 0.4) is 0 Å². The smallest absolute Gasteiger partial charge is 0.306 e. The minimum atomic E-state index is -0.983. The summed E-state index contributed by atoms with van der Waals surface area (Å²) in [4.78, 5) is 13.4. The largest absolute Gasteiger partial charge is 0.481 e. The van der Waals surface area contributed by atoms with Crippen LogP contribution in [-0.2, 0) is 4.79 Å². The minimum absolute atomic E-state index is 0.229. The van der Waals surface area contributed by atoms with E-state index in [0.717, 1.165) is 5.69 Å². The second kappa shape index (κ2) is 6.51. The van der Waals surface area contributed by atoms with E-state index in [0.29, 0.717) is 6.54 Å². The quantitative estimate of drug-likeness (QED) is 0.757. The number of hydrogen-bond acceptors (Lipinski definition) is 4. The van der Waals surface area contributed by atoms with Crippen molar-refractivity contribution in [3.05, 3.63) is 24.3 Å². The molecule has 0 aliphatic carbocycles. The molecule has 0 spiro atoms. The molecule has 0 aromatic heterocycles. The predicted octanol–water partition coefficient (Wildman–Crippen LogP) is 1.68. The Labute approximate surface area is 105 Å². The van der Waals surface area contributed by atoms with Gasteiger partial charge >= 0.3 is 5.97 Å². The lowest BCUT2D eigenvalue weighted by Crippen LogP contribution is -2.30. The van der Waals surface area contributed by atoms with Gasteiger partial charge in [-0.05, 0) is 30.5 Å². The standard InChI is InChI=1S/C12H17NO3S/c1-13(8-10(14)7-12(15)16)9-3-5-11(17-2)6-4-9/h3-6,10,14H,7-8H2,1-2H3,(H,15,16). The Bertz CT molecular complexity index is 367. The van der Waals surface area contributed by atoms with Crippen LogP contribution >= 0.6 is 11.8 Å². The number of carboxylic acids is 1. The van der Waals surface area contributed by atoms with Gasteiger partial charge in [0.05, 0.1) is 12.5 Å². The molecule has 0 aliphatic heterocycles. The van der Waals surface area contributed by atoms with Crippen LogP contribution in [0.15, 0.2) is 29.2 Å². The molecule has 1 aromatic rings. The van der Waals surface area contributed by atoms with E-state index in [9.17, 15) is 9.90 Å². The number of anilines is 1. The highest BCUT2D eigenvalue weighted by Crippen LogP contribution is 2.19. The maximum absolute atomic E-state index is 10.4. The van der Waals surface area contributed by atoms with Crippen molar-refractivity contribution in [2.24, 2.45) is 0 Å². The maximum Gasteiger partial charge on any atom is 0.306 e. The molecule has 4 nitrogen and oxygen atoms in total. The summed E-state index contributed by atoms with van der Waals surface area (Å²) in [5.41, 5.74) is 0.965. The number of carbonyl (C=O) groups is 1. The van der Waals surface area contributed by atoms with Crippen LogP contribution in [0, 0.1) is 0 Å². The zero-order valence-electron chi connectivity index (χ0n) is 9.96. The fourth-order valence-electron chi connectivity index (χ4n) is 1.52. The van der Waals surface area contributed by atoms with Crippen LogP contribution in [0.4, 0.5) is 5.69 Å². The number of hydrogen-bond donors (Lipinski definition) is 2. The summed E-state index contributed by atoms with van der Waals surface area (Å²) >= 11 is 1.67. The molecule has 1 rings (SSSR count). The van der Waals surface area contributed by atoms with Gasteiger partial charge in [0.2, 0.25) is 0 Å². The Morgan fingerprint density at radius 2 is 2.00 bits per heavy atom. The second-order valence-corrected chi connectivity index (χ2v) is 4.71. The summed E-state index contributed by atoms with van der Waals surface area (Å²) in [7, 11) is 1.83. The number of aliphatic hydroxyl groups is 1. The minimum Gasteiger partial charge on any atom is -0.481 e. The first kappa shape index (κ1) is 13.9. The van der Waals surface area contributed by atoms with Crippen LogP contribution in [0.2, 0.25) is 0 Å². The van der Waals surface area contributed by atoms with Gasteiger partial charge in [-0.1, -0.05) is 0 Å². The number of benzene rings is 1. The molecule has 0 heterocycles. The highest BCUT2D eigenvalue weighted by Gasteiger charge is 2.12. The Morgan fingerprint density at radius 1 is 1.41 bits per heavy atom. The normalized spacial score (nSPS) is 12.2. The van der Waals surface area contributed by atoms with Crippen LogP contribution in [0.25, 0.3) is 0 Å². The van der Waals surface area contributed by atoms with E-state index in [1.54, 1.807) is 11.8 Å². The lowest BCUT2D eigenvalue weighted by Gasteiger charge is -2.22. The summed E-state index contributed by atoms with van der Waals surface area (Å²) in [6, 6.07) is 7.92. The third-order valence-corrected chi connectivity index (χ3v) is 3.15. The summed E-state index contributed by atoms with van der Waals surface area (Å²) in [5.74, 6) is -0.983. The Balaban J connectivity index is 2.56. The Hall–Kier alpha value is -1.20. The van der Waals surface area contributed by atoms with Crippen molar-refractivity contribution in [1.29, 1.82) is 0 Å². The highest BCUT2D eigenvalue weighted by atomic mass is 32.2. The van der Waals surface area contributed by atoms with Gasteiger partial charge in [0.15, 0.2) is 0 Å². The van der Waals surface area contributed by atoms with E-state index in [1.165, 1.54) is 4.90 Å². The van der Waals surface area contributed by atoms with Crippen molar-refractivity contribution in [3.63, 3.8) is 0 Å². The van der Waals surface area contributed by atoms with E-state index in [4.69, 9.17) is 5.11 Å². The van der Waals surface area contributed by atoms with Crippen LogP contribution < -0.4 is 4.90 Å². The summed E-state index contributed by atoms with van der Waals surface area (Å²) in [6.45, 7) is 0.310. The Kier molecular flexibility index (Phi) is 5.31. The van der Waals surface area contributed by atoms with E-state index in [-0.39, 0.29) is 6.42 Å². The third-order valence-electron chi connectivity index (χ3n) is 2.41. The number of carboxylic acid groups (broad SMARTS) is 1. The van der Waals surface area contributed by atoms with Gasteiger partial charge in [-0.25, -0.2) is 0 Å². The molecule has 0 fully saturated rings. The molecule has 2 N–H and O–H groups in total. The molecule has 0 radical (unpaired) electrons. The molecule has 5 heteroatoms. The molecular weight excluding hydrogens is 238 g/mol. The average molecular weight is 255 g/mol. The molecule has 0 bridgehead atoms. The van der Waals surface area contributed by atoms with Crippen molar-refractivity contribution in [3.8, 4) is 0 Å². The molecule has 0 saturated heterocycles. The predicted molar refractivity (Wildman–Crippen MR) is 69.8 cm³/mol. The fourth-order valence-corrected chi connectivity index (χ4v) is 1.93. The lowest BCUT2D eigenvalue weighted by atomic mass is 10.2. The second-order valence-electron chi connectivity index (χ2n) is 3.83. The highest BCUT2D eigenvalue weighted by molar-refractivity contribution is 7.98. The molecule has 1 unspecified atom stereocenters. The van der Waals surface area contributed by atoms with Gasteiger partial charge < -0.3 is 15.1 Å². The summed E-state index contributed by atoms with van der Waals surface area (Å²) in [6.07, 6.45) is 0.931. The molecule has 0 amide bonds. The van der Waals surface area contributed by atoms with Crippen molar-refractivity contribution in [2.45, 2.75) is 17.4 Å².